The molecular formula is C85H97N9O12. The topological polar surface area (TPSA) is 282 Å². The maximum atomic E-state index is 13.7. The molecule has 0 saturated carbocycles. The van der Waals surface area contributed by atoms with Crippen LogP contribution in [-0.2, 0) is 33.6 Å². The number of benzene rings is 5. The third-order valence-corrected chi connectivity index (χ3v) is 19.1. The third-order valence-electron chi connectivity index (χ3n) is 19.1. The number of carbonyl (C=O) groups is 7. The van der Waals surface area contributed by atoms with E-state index < -0.39 is 48.1 Å². The summed E-state index contributed by atoms with van der Waals surface area (Å²) >= 11 is 0. The van der Waals surface area contributed by atoms with Gasteiger partial charge >= 0.3 is 11.9 Å². The van der Waals surface area contributed by atoms with Crippen molar-refractivity contribution < 1.29 is 48.5 Å². The number of fused-ring (bicyclic) bond motifs is 2. The largest absolute Gasteiger partial charge is 0.481 e. The number of allylic oxidation sites excluding steroid dienone is 5. The minimum Gasteiger partial charge on any atom is -0.481 e. The minimum atomic E-state index is -1.06. The molecule has 21 nitrogen and oxygen atoms in total. The van der Waals surface area contributed by atoms with Crippen molar-refractivity contribution in [3.05, 3.63) is 248 Å². The summed E-state index contributed by atoms with van der Waals surface area (Å²) < 4.78 is 8.40. The third kappa shape index (κ3) is 20.8. The maximum absolute atomic E-state index is 13.7. The Bertz CT molecular complexity index is 4740. The fourth-order valence-corrected chi connectivity index (χ4v) is 13.8. The SMILES string of the molecule is C=C1C=CC(c2cc([C@H](CC(=O)O)NC(=O)[C@H](CC(C)C)n3ccccc3=O)ccc2C)=CC1.CC(=O)C[C@H](NC(=O)[C@H](CC(C)C)n1cnc2ccccc2c1=O)c1cccc(N2CCC[C@@H](C)C2)c1.Cc1cccc2c1OCC(=O)N2CC(=O)N[C@@H](CC(=O)O)c1cncc(-c2c(C)cccc2C)c1. The number of nitrogens with one attached hydrogen (secondary N) is 3. The number of aromatic nitrogens is 4. The van der Waals surface area contributed by atoms with Crippen molar-refractivity contribution in [3.63, 3.8) is 0 Å². The smallest absolute Gasteiger partial charge is 0.305 e. The van der Waals surface area contributed by atoms with Crippen molar-refractivity contribution in [2.24, 2.45) is 17.8 Å². The number of aryl methyl sites for hydroxylation is 4. The lowest BCUT2D eigenvalue weighted by atomic mass is 9.91. The van der Waals surface area contributed by atoms with Crippen LogP contribution in [0.15, 0.2) is 192 Å². The number of hydrogen-bond acceptors (Lipinski definition) is 13. The van der Waals surface area contributed by atoms with Gasteiger partial charge in [0.1, 0.15) is 30.2 Å². The summed E-state index contributed by atoms with van der Waals surface area (Å²) in [5.74, 6) is -2.02. The van der Waals surface area contributed by atoms with E-state index >= 15 is 0 Å². The highest BCUT2D eigenvalue weighted by molar-refractivity contribution is 6.02. The number of ketones is 1. The van der Waals surface area contributed by atoms with E-state index in [1.54, 1.807) is 68.0 Å². The van der Waals surface area contributed by atoms with Crippen LogP contribution in [0.4, 0.5) is 11.4 Å². The fourth-order valence-electron chi connectivity index (χ4n) is 13.8. The summed E-state index contributed by atoms with van der Waals surface area (Å²) in [6.45, 7) is 25.3. The van der Waals surface area contributed by atoms with Crippen LogP contribution < -0.4 is 41.6 Å². The molecule has 1 aliphatic carbocycles. The highest BCUT2D eigenvalue weighted by Crippen LogP contribution is 2.37. The Morgan fingerprint density at radius 1 is 0.660 bits per heavy atom. The Morgan fingerprint density at radius 3 is 1.94 bits per heavy atom. The predicted octanol–water partition coefficient (Wildman–Crippen LogP) is 13.8. The first-order chi connectivity index (χ1) is 50.6. The van der Waals surface area contributed by atoms with Crippen molar-refractivity contribution >= 4 is 69.2 Å². The molecule has 3 aliphatic rings. The molecule has 0 spiro atoms. The van der Waals surface area contributed by atoms with Crippen molar-refractivity contribution in [2.45, 2.75) is 151 Å². The first-order valence-corrected chi connectivity index (χ1v) is 36.1. The van der Waals surface area contributed by atoms with E-state index in [0.29, 0.717) is 52.2 Å². The highest BCUT2D eigenvalue weighted by Gasteiger charge is 2.33. The number of hydrogen-bond donors (Lipinski definition) is 5. The second-order valence-electron chi connectivity index (χ2n) is 28.7. The van der Waals surface area contributed by atoms with Gasteiger partial charge in [-0.2, -0.15) is 0 Å². The molecule has 5 N–H and O–H groups in total. The molecule has 11 rings (SSSR count). The number of carbonyl (C=O) groups excluding carboxylic acids is 5. The van der Waals surface area contributed by atoms with Crippen molar-refractivity contribution in [3.8, 4) is 16.9 Å². The van der Waals surface area contributed by atoms with Gasteiger partial charge in [-0.25, -0.2) is 4.98 Å². The zero-order valence-electron chi connectivity index (χ0n) is 62.1. The number of aliphatic carboxylic acids is 2. The molecule has 8 aromatic rings. The Kier molecular flexibility index (Phi) is 27.0. The molecule has 0 unspecified atom stereocenters. The molecule has 2 aliphatic heterocycles. The van der Waals surface area contributed by atoms with Gasteiger partial charge < -0.3 is 40.4 Å². The van der Waals surface area contributed by atoms with Crippen molar-refractivity contribution in [2.75, 3.05) is 36.0 Å². The van der Waals surface area contributed by atoms with Crippen molar-refractivity contribution in [1.82, 2.24) is 35.1 Å². The molecule has 21 heteroatoms. The molecule has 554 valence electrons. The van der Waals surface area contributed by atoms with Crippen LogP contribution in [0.1, 0.15) is 168 Å². The zero-order chi connectivity index (χ0) is 76.5. The molecule has 6 atom stereocenters. The number of rotatable bonds is 25. The number of Topliss-reactive ketones (excluding diaryl/α,β-unsaturated/α-hetero) is 1. The molecule has 1 fully saturated rings. The Balaban J connectivity index is 0.000000184. The van der Waals surface area contributed by atoms with Gasteiger partial charge in [-0.3, -0.25) is 57.6 Å². The number of ether oxygens (including phenoxy) is 1. The molecule has 0 radical (unpaired) electrons. The molecule has 0 bridgehead atoms. The lowest BCUT2D eigenvalue weighted by molar-refractivity contribution is -0.139. The van der Waals surface area contributed by atoms with E-state index in [1.807, 2.05) is 134 Å². The first kappa shape index (κ1) is 78.8. The van der Waals surface area contributed by atoms with Gasteiger partial charge in [-0.05, 0) is 189 Å². The summed E-state index contributed by atoms with van der Waals surface area (Å²) in [6.07, 6.45) is 16.1. The number of para-hydroxylation sites is 2. The zero-order valence-corrected chi connectivity index (χ0v) is 62.1. The van der Waals surface area contributed by atoms with Gasteiger partial charge in [0, 0.05) is 55.4 Å². The van der Waals surface area contributed by atoms with E-state index in [2.05, 4.69) is 62.5 Å². The van der Waals surface area contributed by atoms with Crippen LogP contribution in [0.25, 0.3) is 27.6 Å². The number of carboxylic acid groups (broad SMARTS) is 2. The standard InChI is InChI=1S/C30H38N4O3.C28H32N2O4.C27H27N3O5/c1-20(2)15-28(34-19-31-26-13-6-5-12-25(26)30(34)37)29(36)32-27(16-22(4)35)23-10-7-11-24(17-23)33-14-8-9-21(3)18-33;1-18(2)15-25(30-14-6-5-7-26(30)31)28(34)29-24(17-27(32)33)22-13-10-20(4)23(16-22)21-11-8-19(3)9-12-21;1-16-6-4-7-17(2)26(16)20-10-19(12-28-13-20)21(11-25(33)34)29-23(31)14-30-22-9-5-8-18(3)27(22)35-15-24(30)32/h5-7,10-13,17,19-21,27-28H,8-9,14-16,18H2,1-4H3,(H,32,36);5-8,10-14,16,18,24-25H,3,9,15,17H2,1-2,4H3,(H,29,34)(H,32,33);4-10,12-13,21H,11,14-15H2,1-3H3,(H,29,31)(H,33,34)/t21-,27+,28+;24-,25-;21-/m100/s1. The lowest BCUT2D eigenvalue weighted by Gasteiger charge is -2.33. The lowest BCUT2D eigenvalue weighted by Crippen LogP contribution is -2.46. The number of amides is 4. The van der Waals surface area contributed by atoms with E-state index in [9.17, 15) is 53.4 Å². The summed E-state index contributed by atoms with van der Waals surface area (Å²) in [6, 6.07) is 35.5. The highest BCUT2D eigenvalue weighted by atomic mass is 16.5. The molecule has 4 amide bonds. The number of nitrogens with zero attached hydrogens (tertiary/aromatic N) is 6. The summed E-state index contributed by atoms with van der Waals surface area (Å²) in [5.41, 5.74) is 12.9. The van der Waals surface area contributed by atoms with Crippen LogP contribution in [0.2, 0.25) is 0 Å². The van der Waals surface area contributed by atoms with E-state index in [1.165, 1.54) is 32.8 Å². The number of piperidine rings is 1. The average molecular weight is 1440 g/mol. The Hall–Kier alpha value is -11.4. The van der Waals surface area contributed by atoms with Gasteiger partial charge in [0.25, 0.3) is 17.0 Å². The second kappa shape index (κ2) is 36.4. The monoisotopic (exact) mass is 1440 g/mol. The van der Waals surface area contributed by atoms with E-state index in [-0.39, 0.29) is 78.9 Å². The van der Waals surface area contributed by atoms with Crippen molar-refractivity contribution in [1.29, 1.82) is 0 Å². The molecular weight excluding hydrogens is 1340 g/mol. The van der Waals surface area contributed by atoms with Gasteiger partial charge in [-0.15, -0.1) is 0 Å². The number of anilines is 2. The predicted molar refractivity (Wildman–Crippen MR) is 413 cm³/mol. The maximum Gasteiger partial charge on any atom is 0.305 e. The molecule has 1 saturated heterocycles. The molecule has 5 aromatic carbocycles. The fraction of sp³-hybridized carbons (Fsp3) is 0.353. The number of pyridine rings is 2. The quantitative estimate of drug-likeness (QED) is 0.0356. The van der Waals surface area contributed by atoms with Crippen LogP contribution >= 0.6 is 0 Å². The van der Waals surface area contributed by atoms with Crippen LogP contribution in [0.3, 0.4) is 0 Å². The molecule has 5 heterocycles. The van der Waals surface area contributed by atoms with Gasteiger partial charge in [0.05, 0.1) is 53.9 Å². The second-order valence-corrected chi connectivity index (χ2v) is 28.7. The number of carboxylic acids is 2. The van der Waals surface area contributed by atoms with E-state index in [0.717, 1.165) is 87.3 Å². The van der Waals surface area contributed by atoms with Gasteiger partial charge in [-0.1, -0.05) is 138 Å². The minimum absolute atomic E-state index is 0.00718. The molecule has 106 heavy (non-hydrogen) atoms. The summed E-state index contributed by atoms with van der Waals surface area (Å²) in [5, 5.41) is 28.4. The van der Waals surface area contributed by atoms with Crippen LogP contribution in [0.5, 0.6) is 5.75 Å². The van der Waals surface area contributed by atoms with Gasteiger partial charge in [0.15, 0.2) is 6.61 Å². The first-order valence-electron chi connectivity index (χ1n) is 36.1. The Labute approximate surface area is 619 Å². The Morgan fingerprint density at radius 2 is 1.29 bits per heavy atom. The van der Waals surface area contributed by atoms with Crippen LogP contribution in [0, 0.1) is 45.4 Å². The van der Waals surface area contributed by atoms with Gasteiger partial charge in [0.2, 0.25) is 17.7 Å². The summed E-state index contributed by atoms with van der Waals surface area (Å²) in [7, 11) is 0. The average Bonchev–Trinajstić information content (AvgIpc) is 0.715. The van der Waals surface area contributed by atoms with Crippen LogP contribution in [-0.4, -0.2) is 96.9 Å². The van der Waals surface area contributed by atoms with E-state index in [4.69, 9.17) is 4.74 Å². The summed E-state index contributed by atoms with van der Waals surface area (Å²) in [4.78, 5) is 126. The molecule has 3 aromatic heterocycles. The normalized spacial score (nSPS) is 15.4.